The van der Waals surface area contributed by atoms with E-state index in [2.05, 4.69) is 19.0 Å². The van der Waals surface area contributed by atoms with Crippen LogP contribution in [-0.2, 0) is 0 Å². The smallest absolute Gasteiger partial charge is 0.0156 e. The Labute approximate surface area is 63.4 Å². The second-order valence-corrected chi connectivity index (χ2v) is 3.77. The molecule has 2 heteroatoms. The summed E-state index contributed by atoms with van der Waals surface area (Å²) in [7, 11) is 4.21. The zero-order valence-corrected chi connectivity index (χ0v) is 7.06. The molecule has 0 aromatic rings. The van der Waals surface area contributed by atoms with Gasteiger partial charge in [-0.05, 0) is 46.3 Å². The third kappa shape index (κ3) is 2.67. The minimum atomic E-state index is 0.260. The zero-order valence-electron chi connectivity index (χ0n) is 7.06. The average Bonchev–Trinajstić information content (AvgIpc) is 2.47. The Hall–Kier alpha value is -0.0800. The summed E-state index contributed by atoms with van der Waals surface area (Å²) in [6.45, 7) is 1.18. The van der Waals surface area contributed by atoms with E-state index in [-0.39, 0.29) is 5.54 Å². The lowest BCUT2D eigenvalue weighted by molar-refractivity contribution is 0.382. The fourth-order valence-electron chi connectivity index (χ4n) is 1.16. The molecule has 0 aromatic heterocycles. The molecule has 2 N–H and O–H groups in total. The van der Waals surface area contributed by atoms with Gasteiger partial charge in [0.25, 0.3) is 0 Å². The van der Waals surface area contributed by atoms with Crippen molar-refractivity contribution in [2.75, 3.05) is 20.6 Å². The van der Waals surface area contributed by atoms with Gasteiger partial charge in [0.1, 0.15) is 0 Å². The first-order valence-corrected chi connectivity index (χ1v) is 4.06. The van der Waals surface area contributed by atoms with Crippen molar-refractivity contribution in [2.24, 2.45) is 5.73 Å². The molecule has 0 heterocycles. The van der Waals surface area contributed by atoms with Gasteiger partial charge in [0.2, 0.25) is 0 Å². The molecule has 0 aromatic carbocycles. The van der Waals surface area contributed by atoms with E-state index in [1.807, 2.05) is 0 Å². The highest BCUT2D eigenvalue weighted by Crippen LogP contribution is 2.36. The highest BCUT2D eigenvalue weighted by atomic mass is 15.0. The van der Waals surface area contributed by atoms with Crippen molar-refractivity contribution in [3.05, 3.63) is 0 Å². The monoisotopic (exact) mass is 142 g/mol. The first-order valence-electron chi connectivity index (χ1n) is 4.06. The predicted octanol–water partition coefficient (Wildman–Crippen LogP) is 0.819. The molecule has 0 radical (unpaired) electrons. The molecular formula is C8H18N2. The lowest BCUT2D eigenvalue weighted by Gasteiger charge is -2.11. The Balaban J connectivity index is 1.95. The molecule has 10 heavy (non-hydrogen) atoms. The summed E-state index contributed by atoms with van der Waals surface area (Å²) >= 11 is 0. The molecule has 0 amide bonds. The molecule has 60 valence electrons. The third-order valence-corrected chi connectivity index (χ3v) is 2.17. The summed E-state index contributed by atoms with van der Waals surface area (Å²) in [6.07, 6.45) is 4.97. The van der Waals surface area contributed by atoms with Crippen LogP contribution in [-0.4, -0.2) is 31.1 Å². The average molecular weight is 142 g/mol. The molecule has 0 bridgehead atoms. The van der Waals surface area contributed by atoms with Crippen LogP contribution in [0.3, 0.4) is 0 Å². The van der Waals surface area contributed by atoms with E-state index >= 15 is 0 Å². The molecule has 0 unspecified atom stereocenters. The SMILES string of the molecule is CN(C)CCCC1(N)CC1. The van der Waals surface area contributed by atoms with Crippen molar-refractivity contribution in [1.82, 2.24) is 4.90 Å². The summed E-state index contributed by atoms with van der Waals surface area (Å²) in [5, 5.41) is 0. The van der Waals surface area contributed by atoms with E-state index in [9.17, 15) is 0 Å². The Kier molecular flexibility index (Phi) is 2.32. The van der Waals surface area contributed by atoms with E-state index < -0.39 is 0 Å². The van der Waals surface area contributed by atoms with Crippen LogP contribution >= 0.6 is 0 Å². The van der Waals surface area contributed by atoms with Gasteiger partial charge in [-0.15, -0.1) is 0 Å². The first kappa shape index (κ1) is 8.02. The number of rotatable bonds is 4. The van der Waals surface area contributed by atoms with Crippen molar-refractivity contribution in [3.63, 3.8) is 0 Å². The molecule has 0 atom stereocenters. The fraction of sp³-hybridized carbons (Fsp3) is 1.00. The lowest BCUT2D eigenvalue weighted by Crippen LogP contribution is -2.23. The standard InChI is InChI=1S/C8H18N2/c1-10(2)7-3-4-8(9)5-6-8/h3-7,9H2,1-2H3. The van der Waals surface area contributed by atoms with Gasteiger partial charge >= 0.3 is 0 Å². The van der Waals surface area contributed by atoms with Crippen LogP contribution in [0.1, 0.15) is 25.7 Å². The molecule has 2 nitrogen and oxygen atoms in total. The van der Waals surface area contributed by atoms with Crippen LogP contribution in [0, 0.1) is 0 Å². The number of hydrogen-bond acceptors (Lipinski definition) is 2. The topological polar surface area (TPSA) is 29.3 Å². The lowest BCUT2D eigenvalue weighted by atomic mass is 10.1. The van der Waals surface area contributed by atoms with Crippen molar-refractivity contribution < 1.29 is 0 Å². The summed E-state index contributed by atoms with van der Waals surface area (Å²) in [5.41, 5.74) is 6.17. The van der Waals surface area contributed by atoms with E-state index in [4.69, 9.17) is 5.73 Å². The Morgan fingerprint density at radius 3 is 2.40 bits per heavy atom. The van der Waals surface area contributed by atoms with Crippen LogP contribution in [0.4, 0.5) is 0 Å². The van der Waals surface area contributed by atoms with Crippen molar-refractivity contribution in [1.29, 1.82) is 0 Å². The maximum absolute atomic E-state index is 5.91. The van der Waals surface area contributed by atoms with Gasteiger partial charge in [0, 0.05) is 5.54 Å². The summed E-state index contributed by atoms with van der Waals surface area (Å²) in [6, 6.07) is 0. The predicted molar refractivity (Wildman–Crippen MR) is 43.9 cm³/mol. The molecule has 0 saturated heterocycles. The maximum Gasteiger partial charge on any atom is 0.0156 e. The third-order valence-electron chi connectivity index (χ3n) is 2.17. The van der Waals surface area contributed by atoms with E-state index in [0.29, 0.717) is 0 Å². The van der Waals surface area contributed by atoms with E-state index in [1.54, 1.807) is 0 Å². The molecule has 0 spiro atoms. The number of nitrogens with zero attached hydrogens (tertiary/aromatic N) is 1. The van der Waals surface area contributed by atoms with Gasteiger partial charge in [-0.3, -0.25) is 0 Å². The quantitative estimate of drug-likeness (QED) is 0.629. The van der Waals surface area contributed by atoms with Crippen molar-refractivity contribution >= 4 is 0 Å². The highest BCUT2D eigenvalue weighted by molar-refractivity contribution is 4.98. The molecule has 0 aliphatic heterocycles. The Morgan fingerprint density at radius 1 is 1.40 bits per heavy atom. The maximum atomic E-state index is 5.91. The van der Waals surface area contributed by atoms with Crippen molar-refractivity contribution in [2.45, 2.75) is 31.2 Å². The molecular weight excluding hydrogens is 124 g/mol. The minimum absolute atomic E-state index is 0.260. The van der Waals surface area contributed by atoms with Gasteiger partial charge in [-0.25, -0.2) is 0 Å². The van der Waals surface area contributed by atoms with Gasteiger partial charge in [-0.1, -0.05) is 0 Å². The van der Waals surface area contributed by atoms with Crippen LogP contribution in [0.25, 0.3) is 0 Å². The minimum Gasteiger partial charge on any atom is -0.325 e. The van der Waals surface area contributed by atoms with Crippen molar-refractivity contribution in [3.8, 4) is 0 Å². The van der Waals surface area contributed by atoms with Gasteiger partial charge < -0.3 is 10.6 Å². The highest BCUT2D eigenvalue weighted by Gasteiger charge is 2.36. The fourth-order valence-corrected chi connectivity index (χ4v) is 1.16. The normalized spacial score (nSPS) is 21.6. The van der Waals surface area contributed by atoms with Gasteiger partial charge in [0.05, 0.1) is 0 Å². The molecule has 1 fully saturated rings. The second kappa shape index (κ2) is 2.89. The van der Waals surface area contributed by atoms with Gasteiger partial charge in [-0.2, -0.15) is 0 Å². The second-order valence-electron chi connectivity index (χ2n) is 3.77. The zero-order chi connectivity index (χ0) is 7.61. The van der Waals surface area contributed by atoms with Gasteiger partial charge in [0.15, 0.2) is 0 Å². The van der Waals surface area contributed by atoms with E-state index in [1.165, 1.54) is 32.2 Å². The van der Waals surface area contributed by atoms with Crippen LogP contribution < -0.4 is 5.73 Å². The first-order chi connectivity index (χ1) is 4.62. The number of nitrogens with two attached hydrogens (primary N) is 1. The summed E-state index contributed by atoms with van der Waals surface area (Å²) < 4.78 is 0. The molecule has 1 aliphatic rings. The van der Waals surface area contributed by atoms with Crippen LogP contribution in [0.2, 0.25) is 0 Å². The molecule has 1 aliphatic carbocycles. The van der Waals surface area contributed by atoms with Crippen LogP contribution in [0.15, 0.2) is 0 Å². The molecule has 1 saturated carbocycles. The largest absolute Gasteiger partial charge is 0.325 e. The number of hydrogen-bond donors (Lipinski definition) is 1. The van der Waals surface area contributed by atoms with E-state index in [0.717, 1.165) is 0 Å². The summed E-state index contributed by atoms with van der Waals surface area (Å²) in [5.74, 6) is 0. The summed E-state index contributed by atoms with van der Waals surface area (Å²) in [4.78, 5) is 2.21. The Bertz CT molecular complexity index is 106. The molecule has 1 rings (SSSR count). The van der Waals surface area contributed by atoms with Crippen LogP contribution in [0.5, 0.6) is 0 Å². The Morgan fingerprint density at radius 2 is 2.00 bits per heavy atom.